The van der Waals surface area contributed by atoms with Gasteiger partial charge in [-0.05, 0) is 73.2 Å². The molecule has 1 aliphatic carbocycles. The summed E-state index contributed by atoms with van der Waals surface area (Å²) in [4.78, 5) is 33.9. The number of alkyl halides is 3. The van der Waals surface area contributed by atoms with Crippen LogP contribution in [0.25, 0.3) is 0 Å². The topological polar surface area (TPSA) is 90.0 Å². The zero-order valence-electron chi connectivity index (χ0n) is 28.1. The molecule has 0 spiro atoms. The van der Waals surface area contributed by atoms with E-state index >= 15 is 0 Å². The number of unbranched alkanes of at least 4 members (excludes halogenated alkanes) is 1. The van der Waals surface area contributed by atoms with Crippen molar-refractivity contribution in [3.8, 4) is 0 Å². The lowest BCUT2D eigenvalue weighted by Gasteiger charge is -2.40. The highest BCUT2D eigenvalue weighted by molar-refractivity contribution is 7.91. The predicted octanol–water partition coefficient (Wildman–Crippen LogP) is 6.08. The first-order valence-electron chi connectivity index (χ1n) is 17.7. The third kappa shape index (κ3) is 6.40. The van der Waals surface area contributed by atoms with E-state index in [0.29, 0.717) is 25.4 Å². The Labute approximate surface area is 291 Å². The van der Waals surface area contributed by atoms with E-state index in [0.717, 1.165) is 62.4 Å². The summed E-state index contributed by atoms with van der Waals surface area (Å²) >= 11 is 0. The van der Waals surface area contributed by atoms with Gasteiger partial charge < -0.3 is 15.1 Å². The molecule has 8 nitrogen and oxygen atoms in total. The summed E-state index contributed by atoms with van der Waals surface area (Å²) < 4.78 is 67.1. The van der Waals surface area contributed by atoms with Crippen LogP contribution in [0.1, 0.15) is 78.4 Å². The Kier molecular flexibility index (Phi) is 9.44. The Morgan fingerprint density at radius 3 is 2.14 bits per heavy atom. The normalized spacial score (nSPS) is 20.3. The summed E-state index contributed by atoms with van der Waals surface area (Å²) in [6.45, 7) is 3.12. The first kappa shape index (κ1) is 34.5. The van der Waals surface area contributed by atoms with E-state index in [9.17, 15) is 31.2 Å². The van der Waals surface area contributed by atoms with Crippen LogP contribution in [0.3, 0.4) is 0 Å². The van der Waals surface area contributed by atoms with Crippen LogP contribution in [0.15, 0.2) is 76.5 Å². The third-order valence-corrected chi connectivity index (χ3v) is 12.9. The lowest BCUT2D eigenvalue weighted by atomic mass is 9.69. The van der Waals surface area contributed by atoms with E-state index in [1.807, 2.05) is 0 Å². The Morgan fingerprint density at radius 2 is 1.50 bits per heavy atom. The fourth-order valence-corrected chi connectivity index (χ4v) is 10.3. The summed E-state index contributed by atoms with van der Waals surface area (Å²) in [5, 5.41) is 2.09. The van der Waals surface area contributed by atoms with E-state index in [2.05, 4.69) is 38.2 Å². The largest absolute Gasteiger partial charge is 0.405 e. The maximum atomic E-state index is 13.9. The Hall–Kier alpha value is -3.90. The number of piperazine rings is 1. The van der Waals surface area contributed by atoms with Crippen molar-refractivity contribution in [2.75, 3.05) is 44.2 Å². The molecule has 0 bridgehead atoms. The lowest BCUT2D eigenvalue weighted by molar-refractivity contribution is -0.141. The minimum Gasteiger partial charge on any atom is -0.369 e. The number of nitrogens with one attached hydrogen (secondary N) is 1. The van der Waals surface area contributed by atoms with Crippen molar-refractivity contribution in [1.82, 2.24) is 15.1 Å². The number of fused-ring (bicyclic) bond motifs is 3. The molecule has 0 atom stereocenters. The van der Waals surface area contributed by atoms with Gasteiger partial charge in [0.1, 0.15) is 12.0 Å². The van der Waals surface area contributed by atoms with E-state index in [1.54, 1.807) is 36.4 Å². The molecule has 3 heterocycles. The second kappa shape index (κ2) is 13.7. The van der Waals surface area contributed by atoms with Crippen molar-refractivity contribution in [1.29, 1.82) is 0 Å². The van der Waals surface area contributed by atoms with E-state index in [4.69, 9.17) is 0 Å². The maximum Gasteiger partial charge on any atom is 0.405 e. The van der Waals surface area contributed by atoms with Crippen LogP contribution in [-0.4, -0.2) is 81.5 Å². The van der Waals surface area contributed by atoms with Gasteiger partial charge in [-0.1, -0.05) is 68.1 Å². The number of carbonyl (C=O) groups excluding carboxylic acids is 2. The Morgan fingerprint density at radius 1 is 0.860 bits per heavy atom. The van der Waals surface area contributed by atoms with Gasteiger partial charge in [0.25, 0.3) is 5.91 Å². The second-order valence-corrected chi connectivity index (χ2v) is 15.9. The monoisotopic (exact) mass is 708 g/mol. The Balaban J connectivity index is 1.01. The quantitative estimate of drug-likeness (QED) is 0.271. The van der Waals surface area contributed by atoms with Gasteiger partial charge in [0.2, 0.25) is 15.7 Å². The molecule has 0 unspecified atom stereocenters. The van der Waals surface area contributed by atoms with Gasteiger partial charge in [-0.15, -0.1) is 0 Å². The smallest absolute Gasteiger partial charge is 0.369 e. The molecule has 1 saturated heterocycles. The highest BCUT2D eigenvalue weighted by Crippen LogP contribution is 2.49. The minimum absolute atomic E-state index is 0.0491. The first-order valence-corrected chi connectivity index (χ1v) is 19.2. The highest BCUT2D eigenvalue weighted by Gasteiger charge is 2.51. The number of sulfone groups is 1. The molecule has 3 aromatic rings. The third-order valence-electron chi connectivity index (χ3n) is 11.1. The Bertz CT molecular complexity index is 1810. The minimum atomic E-state index is -4.62. The van der Waals surface area contributed by atoms with Gasteiger partial charge in [-0.3, -0.25) is 14.5 Å². The number of hydrogen-bond donors (Lipinski definition) is 1. The SMILES string of the molecule is O=C1c2cc(N3CCN(CCCCC4(C(=O)NCC(F)(F)F)c5ccccc5S(=O)(=O)c5ccccc54)CC3)ccc2CN1C1CCCCC1. The van der Waals surface area contributed by atoms with Crippen molar-refractivity contribution in [2.45, 2.75) is 85.3 Å². The molecular weight excluding hydrogens is 666 g/mol. The van der Waals surface area contributed by atoms with Crippen molar-refractivity contribution < 1.29 is 31.2 Å². The molecule has 0 radical (unpaired) electrons. The molecule has 12 heteroatoms. The van der Waals surface area contributed by atoms with Gasteiger partial charge in [-0.25, -0.2) is 8.42 Å². The molecule has 7 rings (SSSR count). The van der Waals surface area contributed by atoms with Crippen molar-refractivity contribution in [3.63, 3.8) is 0 Å². The van der Waals surface area contributed by atoms with Crippen LogP contribution >= 0.6 is 0 Å². The zero-order valence-corrected chi connectivity index (χ0v) is 28.9. The maximum absolute atomic E-state index is 13.9. The fourth-order valence-electron chi connectivity index (χ4n) is 8.48. The summed E-state index contributed by atoms with van der Waals surface area (Å²) in [6.07, 6.45) is 2.50. The van der Waals surface area contributed by atoms with Crippen LogP contribution in [0, 0.1) is 0 Å². The lowest BCUT2D eigenvalue weighted by Crippen LogP contribution is -2.50. The summed E-state index contributed by atoms with van der Waals surface area (Å²) in [7, 11) is -3.98. The number of halogens is 3. The van der Waals surface area contributed by atoms with E-state index in [1.165, 1.54) is 31.4 Å². The zero-order chi connectivity index (χ0) is 35.1. The summed E-state index contributed by atoms with van der Waals surface area (Å²) in [5.41, 5.74) is 1.80. The average molecular weight is 709 g/mol. The number of amides is 2. The van der Waals surface area contributed by atoms with Gasteiger partial charge in [0, 0.05) is 50.0 Å². The van der Waals surface area contributed by atoms with Crippen LogP contribution in [-0.2, 0) is 26.6 Å². The van der Waals surface area contributed by atoms with Crippen LogP contribution in [0.5, 0.6) is 0 Å². The number of rotatable bonds is 9. The molecular formula is C38H43F3N4O4S. The van der Waals surface area contributed by atoms with E-state index < -0.39 is 33.9 Å². The van der Waals surface area contributed by atoms with Crippen LogP contribution in [0.4, 0.5) is 18.9 Å². The number of hydrogen-bond acceptors (Lipinski definition) is 6. The molecule has 3 aromatic carbocycles. The highest BCUT2D eigenvalue weighted by atomic mass is 32.2. The predicted molar refractivity (Wildman–Crippen MR) is 184 cm³/mol. The average Bonchev–Trinajstić information content (AvgIpc) is 3.46. The molecule has 0 aromatic heterocycles. The fraction of sp³-hybridized carbons (Fsp3) is 0.474. The standard InChI is InChI=1S/C38H43F3N4O4S/c39-38(40,41)26-42-36(47)37(31-12-4-6-14-33(31)50(48,49)34-15-7-5-13-32(34)37)18-8-9-19-43-20-22-44(23-21-43)29-17-16-27-25-45(35(46)30(27)24-29)28-10-2-1-3-11-28/h4-7,12-17,24,28H,1-3,8-11,18-23,25-26H2,(H,42,47). The van der Waals surface area contributed by atoms with Gasteiger partial charge in [0.05, 0.1) is 9.79 Å². The molecule has 2 amide bonds. The van der Waals surface area contributed by atoms with E-state index in [-0.39, 0.29) is 33.2 Å². The second-order valence-electron chi connectivity index (χ2n) is 14.1. The van der Waals surface area contributed by atoms with Crippen molar-refractivity contribution >= 4 is 27.3 Å². The summed E-state index contributed by atoms with van der Waals surface area (Å²) in [6, 6.07) is 18.9. The molecule has 50 heavy (non-hydrogen) atoms. The van der Waals surface area contributed by atoms with Gasteiger partial charge in [-0.2, -0.15) is 13.2 Å². The molecule has 266 valence electrons. The van der Waals surface area contributed by atoms with Gasteiger partial charge >= 0.3 is 6.18 Å². The molecule has 4 aliphatic rings. The molecule has 1 N–H and O–H groups in total. The number of anilines is 1. The van der Waals surface area contributed by atoms with Crippen LogP contribution in [0.2, 0.25) is 0 Å². The first-order chi connectivity index (χ1) is 24.0. The van der Waals surface area contributed by atoms with Crippen molar-refractivity contribution in [2.24, 2.45) is 0 Å². The molecule has 3 aliphatic heterocycles. The molecule has 2 fully saturated rings. The number of carbonyl (C=O) groups is 2. The summed E-state index contributed by atoms with van der Waals surface area (Å²) in [5.74, 6) is -0.703. The number of nitrogens with zero attached hydrogens (tertiary/aromatic N) is 3. The molecule has 1 saturated carbocycles. The number of benzene rings is 3. The van der Waals surface area contributed by atoms with Crippen LogP contribution < -0.4 is 10.2 Å². The van der Waals surface area contributed by atoms with Gasteiger partial charge in [0.15, 0.2) is 0 Å². The van der Waals surface area contributed by atoms with Crippen molar-refractivity contribution in [3.05, 3.63) is 89.0 Å².